The first-order valence-electron chi connectivity index (χ1n) is 14.3. The number of aliphatic hydroxyl groups is 1. The molecule has 7 nitrogen and oxygen atoms in total. The molecule has 0 aliphatic heterocycles. The van der Waals surface area contributed by atoms with Crippen molar-refractivity contribution in [1.29, 1.82) is 0 Å². The van der Waals surface area contributed by atoms with Gasteiger partial charge in [0.15, 0.2) is 0 Å². The zero-order valence-electron chi connectivity index (χ0n) is 24.0. The fourth-order valence-corrected chi connectivity index (χ4v) is 6.64. The van der Waals surface area contributed by atoms with E-state index in [4.69, 9.17) is 5.73 Å². The minimum absolute atomic E-state index is 0.0736. The van der Waals surface area contributed by atoms with E-state index >= 15 is 4.39 Å². The first-order valence-corrected chi connectivity index (χ1v) is 14.3. The second-order valence-corrected chi connectivity index (χ2v) is 12.2. The minimum Gasteiger partial charge on any atom is -0.390 e. The number of nitrogens with two attached hydrogens (primary N) is 1. The molecule has 1 aromatic heterocycles. The molecule has 0 spiro atoms. The molecule has 0 radical (unpaired) electrons. The van der Waals surface area contributed by atoms with E-state index in [0.29, 0.717) is 36.2 Å². The Kier molecular flexibility index (Phi) is 7.99. The third-order valence-electron chi connectivity index (χ3n) is 8.80. The van der Waals surface area contributed by atoms with Crippen LogP contribution in [0, 0.1) is 11.7 Å². The smallest absolute Gasteiger partial charge is 0.225 e. The summed E-state index contributed by atoms with van der Waals surface area (Å²) < 4.78 is 15.4. The van der Waals surface area contributed by atoms with Gasteiger partial charge in [0.05, 0.1) is 5.60 Å². The van der Waals surface area contributed by atoms with Crippen LogP contribution in [-0.4, -0.2) is 45.5 Å². The monoisotopic (exact) mass is 558 g/mol. The molecule has 2 fully saturated rings. The van der Waals surface area contributed by atoms with Crippen molar-refractivity contribution in [2.45, 2.75) is 76.0 Å². The van der Waals surface area contributed by atoms with Gasteiger partial charge < -0.3 is 21.1 Å². The van der Waals surface area contributed by atoms with Crippen LogP contribution >= 0.6 is 0 Å². The van der Waals surface area contributed by atoms with Crippen LogP contribution in [0.4, 0.5) is 10.2 Å². The molecule has 2 amide bonds. The van der Waals surface area contributed by atoms with Crippen molar-refractivity contribution in [2.24, 2.45) is 11.7 Å². The van der Waals surface area contributed by atoms with Gasteiger partial charge in [-0.3, -0.25) is 9.59 Å². The number of pyridine rings is 1. The molecule has 2 saturated carbocycles. The second-order valence-electron chi connectivity index (χ2n) is 12.2. The minimum atomic E-state index is -0.886. The van der Waals surface area contributed by atoms with Crippen molar-refractivity contribution in [1.82, 2.24) is 9.88 Å². The van der Waals surface area contributed by atoms with Crippen molar-refractivity contribution >= 4 is 17.6 Å². The highest BCUT2D eigenvalue weighted by Gasteiger charge is 2.50. The van der Waals surface area contributed by atoms with E-state index in [1.807, 2.05) is 49.5 Å². The number of aromatic nitrogens is 1. The lowest BCUT2D eigenvalue weighted by Crippen LogP contribution is -2.58. The number of carbonyl (C=O) groups excluding carboxylic acids is 2. The van der Waals surface area contributed by atoms with Crippen LogP contribution in [0.25, 0.3) is 22.3 Å². The molecule has 0 atom stereocenters. The van der Waals surface area contributed by atoms with Crippen molar-refractivity contribution in [3.05, 3.63) is 72.2 Å². The molecule has 0 bridgehead atoms. The van der Waals surface area contributed by atoms with Crippen LogP contribution in [0.3, 0.4) is 0 Å². The Morgan fingerprint density at radius 2 is 1.73 bits per heavy atom. The van der Waals surface area contributed by atoms with E-state index in [1.165, 1.54) is 6.07 Å². The Morgan fingerprint density at radius 3 is 2.34 bits per heavy atom. The number of nitrogens with one attached hydrogen (secondary N) is 1. The SMILES string of the molecule is CC(=O)N(C)C1CCC(CC(=O)Nc2cc(-c3ccccc3)c(-c3ccc(C4(N)CC(C)(O)C4)c(F)c3)cn2)CC1. The number of nitrogens with zero attached hydrogens (tertiary/aromatic N) is 2. The fraction of sp³-hybridized carbons (Fsp3) is 0.424. The summed E-state index contributed by atoms with van der Waals surface area (Å²) in [4.78, 5) is 31.0. The molecule has 2 aromatic carbocycles. The van der Waals surface area contributed by atoms with Crippen molar-refractivity contribution in [3.8, 4) is 22.3 Å². The second kappa shape index (κ2) is 11.3. The van der Waals surface area contributed by atoms with Crippen molar-refractivity contribution in [2.75, 3.05) is 12.4 Å². The van der Waals surface area contributed by atoms with Gasteiger partial charge in [-0.15, -0.1) is 0 Å². The number of anilines is 1. The maximum absolute atomic E-state index is 15.4. The molecule has 3 aromatic rings. The quantitative estimate of drug-likeness (QED) is 0.349. The predicted molar refractivity (Wildman–Crippen MR) is 158 cm³/mol. The highest BCUT2D eigenvalue weighted by molar-refractivity contribution is 5.92. The lowest BCUT2D eigenvalue weighted by Gasteiger charge is -2.49. The number of benzene rings is 2. The van der Waals surface area contributed by atoms with E-state index in [0.717, 1.165) is 42.4 Å². The Bertz CT molecular complexity index is 1430. The number of rotatable bonds is 7. The van der Waals surface area contributed by atoms with Crippen LogP contribution in [-0.2, 0) is 15.1 Å². The highest BCUT2D eigenvalue weighted by Crippen LogP contribution is 2.47. The lowest BCUT2D eigenvalue weighted by atomic mass is 9.63. The van der Waals surface area contributed by atoms with Crippen LogP contribution in [0.2, 0.25) is 0 Å². The summed E-state index contributed by atoms with van der Waals surface area (Å²) in [6, 6.07) is 16.8. The summed E-state index contributed by atoms with van der Waals surface area (Å²) in [6.07, 6.45) is 6.29. The average Bonchev–Trinajstić information content (AvgIpc) is 2.92. The van der Waals surface area contributed by atoms with Gasteiger partial charge in [0.2, 0.25) is 11.8 Å². The summed E-state index contributed by atoms with van der Waals surface area (Å²) in [5.41, 5.74) is 8.17. The molecular weight excluding hydrogens is 519 g/mol. The summed E-state index contributed by atoms with van der Waals surface area (Å²) in [5.74, 6) is 0.279. The largest absolute Gasteiger partial charge is 0.390 e. The Hall–Kier alpha value is -3.62. The van der Waals surface area contributed by atoms with Gasteiger partial charge in [-0.1, -0.05) is 42.5 Å². The zero-order chi connectivity index (χ0) is 29.4. The van der Waals surface area contributed by atoms with E-state index < -0.39 is 17.0 Å². The standard InChI is InChI=1S/C33H39FN4O3/c1-21(39)38(3)25-12-9-22(10-13-25)15-31(40)37-30-17-26(23-7-5-4-6-8-23)27(18-36-30)24-11-14-28(29(34)16-24)33(35)19-32(2,41)20-33/h4-8,11,14,16-18,22,25,41H,9-10,12-13,15,19-20,35H2,1-3H3,(H,36,37,40). The van der Waals surface area contributed by atoms with Gasteiger partial charge in [0, 0.05) is 49.3 Å². The van der Waals surface area contributed by atoms with Crippen molar-refractivity contribution < 1.29 is 19.1 Å². The van der Waals surface area contributed by atoms with E-state index in [2.05, 4.69) is 10.3 Å². The van der Waals surface area contributed by atoms with E-state index in [-0.39, 0.29) is 23.8 Å². The number of amides is 2. The van der Waals surface area contributed by atoms with Crippen LogP contribution in [0.5, 0.6) is 0 Å². The highest BCUT2D eigenvalue weighted by atomic mass is 19.1. The summed E-state index contributed by atoms with van der Waals surface area (Å²) in [7, 11) is 1.84. The van der Waals surface area contributed by atoms with Crippen LogP contribution < -0.4 is 11.1 Å². The van der Waals surface area contributed by atoms with Gasteiger partial charge in [0.1, 0.15) is 11.6 Å². The van der Waals surface area contributed by atoms with Gasteiger partial charge in [0.25, 0.3) is 0 Å². The molecule has 41 heavy (non-hydrogen) atoms. The fourth-order valence-electron chi connectivity index (χ4n) is 6.64. The summed E-state index contributed by atoms with van der Waals surface area (Å²) in [5, 5.41) is 13.1. The molecule has 4 N–H and O–H groups in total. The molecule has 1 heterocycles. The first kappa shape index (κ1) is 28.9. The molecular formula is C33H39FN4O3. The summed E-state index contributed by atoms with van der Waals surface area (Å²) in [6.45, 7) is 3.30. The van der Waals surface area contributed by atoms with Gasteiger partial charge >= 0.3 is 0 Å². The van der Waals surface area contributed by atoms with Gasteiger partial charge in [-0.05, 0) is 80.2 Å². The predicted octanol–water partition coefficient (Wildman–Crippen LogP) is 5.62. The van der Waals surface area contributed by atoms with E-state index in [9.17, 15) is 14.7 Å². The van der Waals surface area contributed by atoms with E-state index in [1.54, 1.807) is 31.0 Å². The lowest BCUT2D eigenvalue weighted by molar-refractivity contribution is -0.130. The topological polar surface area (TPSA) is 109 Å². The number of carbonyl (C=O) groups is 2. The number of hydrogen-bond donors (Lipinski definition) is 3. The zero-order valence-corrected chi connectivity index (χ0v) is 24.0. The summed E-state index contributed by atoms with van der Waals surface area (Å²) >= 11 is 0. The molecule has 2 aliphatic rings. The molecule has 216 valence electrons. The first-order chi connectivity index (χ1) is 19.4. The normalized spacial score (nSPS) is 25.7. The molecule has 0 unspecified atom stereocenters. The third-order valence-corrected chi connectivity index (χ3v) is 8.80. The van der Waals surface area contributed by atoms with Gasteiger partial charge in [-0.25, -0.2) is 9.37 Å². The molecule has 2 aliphatic carbocycles. The Morgan fingerprint density at radius 1 is 1.05 bits per heavy atom. The third kappa shape index (κ3) is 6.34. The maximum atomic E-state index is 15.4. The number of halogens is 1. The van der Waals surface area contributed by atoms with Crippen molar-refractivity contribution in [3.63, 3.8) is 0 Å². The average molecular weight is 559 g/mol. The Labute approximate surface area is 241 Å². The molecule has 8 heteroatoms. The number of hydrogen-bond acceptors (Lipinski definition) is 5. The Balaban J connectivity index is 1.33. The van der Waals surface area contributed by atoms with Crippen LogP contribution in [0.1, 0.15) is 64.4 Å². The van der Waals surface area contributed by atoms with Crippen LogP contribution in [0.15, 0.2) is 60.8 Å². The van der Waals surface area contributed by atoms with Gasteiger partial charge in [-0.2, -0.15) is 0 Å². The molecule has 0 saturated heterocycles. The maximum Gasteiger partial charge on any atom is 0.225 e. The molecule has 5 rings (SSSR count).